The number of carbonyl (C=O) groups is 2. The molecule has 5 rings (SSSR count). The van der Waals surface area contributed by atoms with Gasteiger partial charge in [-0.05, 0) is 56.4 Å². The third-order valence-electron chi connectivity index (χ3n) is 6.93. The summed E-state index contributed by atoms with van der Waals surface area (Å²) >= 11 is 0. The first-order valence-corrected chi connectivity index (χ1v) is 13.7. The standard InChI is InChI=1S/C31H33N9O3/c1-18-26-28(38(7)37-18)27(34-17-33-26)22-13-23(9-8-21-10-11-39-20(3)32-15-24(39)12-21)35-25(14-22)36-29(41)19(2)40(30(42)43)16-31(4,5)6/h10-15,17,19H,16H2,1-7H3,(H,42,43)(H,35,36,41). The van der Waals surface area contributed by atoms with Gasteiger partial charge in [-0.3, -0.25) is 14.4 Å². The molecular weight excluding hydrogens is 546 g/mol. The fourth-order valence-electron chi connectivity index (χ4n) is 4.88. The largest absolute Gasteiger partial charge is 0.465 e. The van der Waals surface area contributed by atoms with Crippen molar-refractivity contribution >= 4 is 34.4 Å². The average Bonchev–Trinajstić information content (AvgIpc) is 3.47. The van der Waals surface area contributed by atoms with Crippen molar-refractivity contribution in [2.75, 3.05) is 11.9 Å². The van der Waals surface area contributed by atoms with Gasteiger partial charge in [-0.15, -0.1) is 0 Å². The Morgan fingerprint density at radius 2 is 1.88 bits per heavy atom. The summed E-state index contributed by atoms with van der Waals surface area (Å²) in [6.45, 7) is 11.3. The number of carbonyl (C=O) groups excluding carboxylic acids is 1. The highest BCUT2D eigenvalue weighted by atomic mass is 16.4. The normalized spacial score (nSPS) is 12.2. The zero-order valence-electron chi connectivity index (χ0n) is 25.2. The number of nitrogens with zero attached hydrogens (tertiary/aromatic N) is 8. The Kier molecular flexibility index (Phi) is 7.58. The smallest absolute Gasteiger partial charge is 0.407 e. The van der Waals surface area contributed by atoms with Crippen LogP contribution in [0.15, 0.2) is 43.0 Å². The number of aromatic nitrogens is 7. The molecule has 0 aliphatic carbocycles. The number of anilines is 1. The van der Waals surface area contributed by atoms with Crippen molar-refractivity contribution in [3.63, 3.8) is 0 Å². The van der Waals surface area contributed by atoms with Crippen LogP contribution in [-0.4, -0.2) is 68.7 Å². The number of hydrogen-bond donors (Lipinski definition) is 2. The van der Waals surface area contributed by atoms with Gasteiger partial charge in [0.1, 0.15) is 40.7 Å². The van der Waals surface area contributed by atoms with Crippen LogP contribution in [0.5, 0.6) is 0 Å². The lowest BCUT2D eigenvalue weighted by Crippen LogP contribution is -2.48. The summed E-state index contributed by atoms with van der Waals surface area (Å²) in [5.41, 5.74) is 5.16. The van der Waals surface area contributed by atoms with Crippen LogP contribution in [0.3, 0.4) is 0 Å². The van der Waals surface area contributed by atoms with E-state index in [0.717, 1.165) is 33.0 Å². The second-order valence-corrected chi connectivity index (χ2v) is 11.7. The Bertz CT molecular complexity index is 1940. The van der Waals surface area contributed by atoms with Crippen molar-refractivity contribution in [2.45, 2.75) is 47.6 Å². The molecule has 5 aromatic heterocycles. The van der Waals surface area contributed by atoms with Gasteiger partial charge in [0.2, 0.25) is 5.91 Å². The summed E-state index contributed by atoms with van der Waals surface area (Å²) in [4.78, 5) is 44.3. The van der Waals surface area contributed by atoms with Gasteiger partial charge in [0.15, 0.2) is 0 Å². The Morgan fingerprint density at radius 3 is 2.60 bits per heavy atom. The van der Waals surface area contributed by atoms with Gasteiger partial charge in [-0.25, -0.2) is 24.7 Å². The quantitative estimate of drug-likeness (QED) is 0.291. The van der Waals surface area contributed by atoms with Crippen molar-refractivity contribution in [1.82, 2.24) is 39.0 Å². The summed E-state index contributed by atoms with van der Waals surface area (Å²) in [5.74, 6) is 6.85. The maximum atomic E-state index is 13.3. The molecule has 2 N–H and O–H groups in total. The number of amides is 2. The van der Waals surface area contributed by atoms with Gasteiger partial charge >= 0.3 is 6.09 Å². The number of aryl methyl sites for hydroxylation is 3. The fourth-order valence-corrected chi connectivity index (χ4v) is 4.88. The van der Waals surface area contributed by atoms with Crippen LogP contribution in [0, 0.1) is 31.1 Å². The molecule has 2 amide bonds. The predicted molar refractivity (Wildman–Crippen MR) is 162 cm³/mol. The number of imidazole rings is 1. The van der Waals surface area contributed by atoms with E-state index in [1.54, 1.807) is 29.9 Å². The molecule has 12 nitrogen and oxygen atoms in total. The van der Waals surface area contributed by atoms with Crippen molar-refractivity contribution in [3.8, 4) is 23.1 Å². The lowest BCUT2D eigenvalue weighted by molar-refractivity contribution is -0.120. The molecule has 0 aromatic carbocycles. The summed E-state index contributed by atoms with van der Waals surface area (Å²) in [7, 11) is 1.82. The van der Waals surface area contributed by atoms with Gasteiger partial charge < -0.3 is 14.8 Å². The molecule has 1 atom stereocenters. The highest BCUT2D eigenvalue weighted by Gasteiger charge is 2.30. The molecule has 0 spiro atoms. The highest BCUT2D eigenvalue weighted by molar-refractivity contribution is 5.97. The number of carboxylic acid groups (broad SMARTS) is 1. The number of rotatable bonds is 5. The second-order valence-electron chi connectivity index (χ2n) is 11.7. The zero-order valence-corrected chi connectivity index (χ0v) is 25.2. The van der Waals surface area contributed by atoms with Crippen LogP contribution in [0.4, 0.5) is 10.6 Å². The molecule has 0 radical (unpaired) electrons. The first-order valence-electron chi connectivity index (χ1n) is 13.7. The van der Waals surface area contributed by atoms with Crippen LogP contribution in [0.1, 0.15) is 50.5 Å². The van der Waals surface area contributed by atoms with E-state index in [1.807, 2.05) is 64.4 Å². The van der Waals surface area contributed by atoms with Gasteiger partial charge in [-0.1, -0.05) is 26.7 Å². The van der Waals surface area contributed by atoms with E-state index in [9.17, 15) is 14.7 Å². The predicted octanol–water partition coefficient (Wildman–Crippen LogP) is 4.44. The molecule has 12 heteroatoms. The molecule has 0 aliphatic rings. The summed E-state index contributed by atoms with van der Waals surface area (Å²) in [5, 5.41) is 17.1. The van der Waals surface area contributed by atoms with E-state index in [-0.39, 0.29) is 17.8 Å². The molecule has 0 saturated carbocycles. The molecule has 1 unspecified atom stereocenters. The van der Waals surface area contributed by atoms with Gasteiger partial charge in [0.05, 0.1) is 23.1 Å². The van der Waals surface area contributed by atoms with Crippen molar-refractivity contribution in [1.29, 1.82) is 0 Å². The number of pyridine rings is 2. The minimum atomic E-state index is -1.17. The monoisotopic (exact) mass is 579 g/mol. The van der Waals surface area contributed by atoms with Crippen LogP contribution >= 0.6 is 0 Å². The molecule has 0 bridgehead atoms. The lowest BCUT2D eigenvalue weighted by Gasteiger charge is -2.31. The third-order valence-corrected chi connectivity index (χ3v) is 6.93. The van der Waals surface area contributed by atoms with E-state index < -0.39 is 18.0 Å². The van der Waals surface area contributed by atoms with Crippen LogP contribution in [0.25, 0.3) is 27.8 Å². The zero-order chi connectivity index (χ0) is 31.1. The van der Waals surface area contributed by atoms with Gasteiger partial charge in [-0.2, -0.15) is 5.10 Å². The van der Waals surface area contributed by atoms with E-state index in [1.165, 1.54) is 6.33 Å². The molecule has 0 saturated heterocycles. The second kappa shape index (κ2) is 11.2. The van der Waals surface area contributed by atoms with Crippen molar-refractivity contribution < 1.29 is 14.7 Å². The van der Waals surface area contributed by atoms with Crippen molar-refractivity contribution in [3.05, 3.63) is 65.8 Å². The summed E-state index contributed by atoms with van der Waals surface area (Å²) < 4.78 is 3.68. The maximum absolute atomic E-state index is 13.3. The van der Waals surface area contributed by atoms with E-state index in [0.29, 0.717) is 22.5 Å². The number of nitrogens with one attached hydrogen (secondary N) is 1. The van der Waals surface area contributed by atoms with Crippen molar-refractivity contribution in [2.24, 2.45) is 12.5 Å². The Labute approximate surface area is 248 Å². The van der Waals surface area contributed by atoms with E-state index in [4.69, 9.17) is 0 Å². The van der Waals surface area contributed by atoms with E-state index in [2.05, 4.69) is 42.2 Å². The molecule has 220 valence electrons. The van der Waals surface area contributed by atoms with Gasteiger partial charge in [0, 0.05) is 30.9 Å². The van der Waals surface area contributed by atoms with Gasteiger partial charge in [0.25, 0.3) is 0 Å². The molecule has 0 fully saturated rings. The van der Waals surface area contributed by atoms with Crippen LogP contribution in [0.2, 0.25) is 0 Å². The molecule has 5 heterocycles. The minimum Gasteiger partial charge on any atom is -0.465 e. The molecule has 5 aromatic rings. The summed E-state index contributed by atoms with van der Waals surface area (Å²) in [6, 6.07) is 6.35. The first-order chi connectivity index (χ1) is 20.3. The van der Waals surface area contributed by atoms with Crippen LogP contribution in [-0.2, 0) is 11.8 Å². The Hall–Kier alpha value is -5.31. The molecule has 0 aliphatic heterocycles. The minimum absolute atomic E-state index is 0.181. The lowest BCUT2D eigenvalue weighted by atomic mass is 9.95. The number of hydrogen-bond acceptors (Lipinski definition) is 7. The maximum Gasteiger partial charge on any atom is 0.407 e. The summed E-state index contributed by atoms with van der Waals surface area (Å²) in [6.07, 6.45) is 3.99. The third kappa shape index (κ3) is 6.16. The molecule has 43 heavy (non-hydrogen) atoms. The average molecular weight is 580 g/mol. The first kappa shape index (κ1) is 29.2. The topological polar surface area (TPSA) is 143 Å². The Balaban J connectivity index is 1.56. The SMILES string of the molecule is Cc1nn(C)c2c(-c3cc(C#Cc4ccn5c(C)ncc5c4)nc(NC(=O)C(C)N(CC(C)(C)C)C(=O)O)c3)ncnc12. The Morgan fingerprint density at radius 1 is 1.12 bits per heavy atom. The number of fused-ring (bicyclic) bond motifs is 2. The van der Waals surface area contributed by atoms with Crippen LogP contribution < -0.4 is 5.32 Å². The fraction of sp³-hybridized carbons (Fsp3) is 0.323. The van der Waals surface area contributed by atoms with E-state index >= 15 is 0 Å². The highest BCUT2D eigenvalue weighted by Crippen LogP contribution is 2.29. The molecular formula is C31H33N9O3.